The summed E-state index contributed by atoms with van der Waals surface area (Å²) < 4.78 is 56.0. The largest absolute Gasteiger partial charge is 0.391 e. The molecule has 2 N–H and O–H groups in total. The second-order valence-corrected chi connectivity index (χ2v) is 26.7. The average molecular weight is 1610 g/mol. The van der Waals surface area contributed by atoms with Gasteiger partial charge in [-0.15, -0.1) is 36.4 Å². The zero-order valence-electron chi connectivity index (χ0n) is 59.6. The summed E-state index contributed by atoms with van der Waals surface area (Å²) in [6.45, 7) is 14.8. The molecule has 0 fully saturated rings. The Morgan fingerprint density at radius 2 is 0.734 bits per heavy atom. The Labute approximate surface area is 671 Å². The van der Waals surface area contributed by atoms with E-state index in [2.05, 4.69) is 25.1 Å². The number of hydrogen-bond donors (Lipinski definition) is 2. The molecule has 0 heterocycles. The summed E-state index contributed by atoms with van der Waals surface area (Å²) >= 11 is 29.2. The van der Waals surface area contributed by atoms with Crippen LogP contribution in [0.1, 0.15) is 69.0 Å². The van der Waals surface area contributed by atoms with Crippen molar-refractivity contribution in [2.45, 2.75) is 32.5 Å². The number of alkyl halides is 1. The van der Waals surface area contributed by atoms with Crippen molar-refractivity contribution in [3.63, 3.8) is 0 Å². The van der Waals surface area contributed by atoms with Gasteiger partial charge in [-0.1, -0.05) is 236 Å². The molecular formula is C89H78Cl7F4N3O6. The van der Waals surface area contributed by atoms with Gasteiger partial charge in [0.2, 0.25) is 0 Å². The third-order valence-electron chi connectivity index (χ3n) is 15.7. The van der Waals surface area contributed by atoms with E-state index >= 15 is 0 Å². The molecule has 0 aromatic heterocycles. The molecule has 10 aromatic rings. The van der Waals surface area contributed by atoms with E-state index in [9.17, 15) is 46.6 Å². The minimum atomic E-state index is -0.841. The number of benzene rings is 10. The van der Waals surface area contributed by atoms with Gasteiger partial charge in [0.15, 0.2) is 17.3 Å². The molecule has 109 heavy (non-hydrogen) atoms. The van der Waals surface area contributed by atoms with E-state index in [-0.39, 0.29) is 70.7 Å². The number of aliphatic hydroxyl groups excluding tert-OH is 1. The molecule has 0 saturated heterocycles. The second kappa shape index (κ2) is 45.9. The molecule has 2 amide bonds. The highest BCUT2D eigenvalue weighted by Gasteiger charge is 2.24. The lowest BCUT2D eigenvalue weighted by Gasteiger charge is -2.19. The van der Waals surface area contributed by atoms with Crippen LogP contribution in [0.5, 0.6) is 0 Å². The van der Waals surface area contributed by atoms with Gasteiger partial charge in [0.25, 0.3) is 11.8 Å². The van der Waals surface area contributed by atoms with Gasteiger partial charge in [-0.05, 0) is 163 Å². The normalized spacial score (nSPS) is 11.5. The van der Waals surface area contributed by atoms with Gasteiger partial charge in [-0.25, -0.2) is 17.6 Å². The summed E-state index contributed by atoms with van der Waals surface area (Å²) in [5.41, 5.74) is 8.85. The third-order valence-corrected chi connectivity index (χ3v) is 17.1. The van der Waals surface area contributed by atoms with Crippen LogP contribution in [-0.2, 0) is 37.1 Å². The molecule has 0 aliphatic rings. The van der Waals surface area contributed by atoms with Crippen molar-refractivity contribution in [3.05, 3.63) is 390 Å². The van der Waals surface area contributed by atoms with Crippen LogP contribution >= 0.6 is 82.8 Å². The molecule has 0 aliphatic carbocycles. The lowest BCUT2D eigenvalue weighted by molar-refractivity contribution is -0.125. The lowest BCUT2D eigenvalue weighted by Crippen LogP contribution is -2.31. The van der Waals surface area contributed by atoms with Crippen LogP contribution in [0.2, 0.25) is 20.1 Å². The minimum Gasteiger partial charge on any atom is -0.391 e. The number of rotatable bonds is 26. The molecule has 1 atom stereocenters. The number of carbonyl (C=O) groups is 5. The number of aliphatic hydroxyl groups is 1. The summed E-state index contributed by atoms with van der Waals surface area (Å²) in [5, 5.41) is 14.3. The molecule has 10 aromatic carbocycles. The third kappa shape index (κ3) is 29.9. The van der Waals surface area contributed by atoms with Gasteiger partial charge >= 0.3 is 0 Å². The van der Waals surface area contributed by atoms with Crippen LogP contribution in [-0.4, -0.2) is 83.2 Å². The van der Waals surface area contributed by atoms with E-state index in [1.54, 1.807) is 116 Å². The van der Waals surface area contributed by atoms with Gasteiger partial charge < -0.3 is 5.11 Å². The number of likely N-dealkylation sites (N-methyl/N-ethyl adjacent to an activating group) is 2. The van der Waals surface area contributed by atoms with Gasteiger partial charge in [-0.3, -0.25) is 39.1 Å². The smallest absolute Gasteiger partial charge is 0.258 e. The highest BCUT2D eigenvalue weighted by Crippen LogP contribution is 2.30. The number of nitrogens with zero attached hydrogens (tertiary/aromatic N) is 2. The van der Waals surface area contributed by atoms with Crippen molar-refractivity contribution in [1.29, 1.82) is 0 Å². The van der Waals surface area contributed by atoms with E-state index in [1.807, 2.05) is 157 Å². The molecular weight excluding hydrogens is 1530 g/mol. The fraction of sp³-hybridized carbons (Fsp3) is 0.112. The second-order valence-electron chi connectivity index (χ2n) is 24.6. The molecule has 9 nitrogen and oxygen atoms in total. The molecule has 10 rings (SSSR count). The SMILES string of the molecule is C=C(C)C(=O)NC(=O)/C(=C/c1ccc(Cl)cc1)c1ccccc1.C=C(CN(C)Cc1ccccc1)C(=O)/C(=C/c1ccc(Cl)cc1)c1ccc(F)cc1F.C=C(CN(C)Cc1ccccc1)C(=O)/C(=C\c1ccc(Cl)cc1)c1ccc(F)cc1F.Cl.Cl.O=C(CC(O)CCl)/C(=C/c1ccc(Cl)cc1)c1ccccc1. The molecule has 1 unspecified atom stereocenters. The Morgan fingerprint density at radius 3 is 1.05 bits per heavy atom. The number of allylic oxidation sites excluding steroid dienone is 3. The van der Waals surface area contributed by atoms with Crippen LogP contribution in [0.15, 0.2) is 291 Å². The van der Waals surface area contributed by atoms with Gasteiger partial charge in [-0.2, -0.15) is 0 Å². The quantitative estimate of drug-likeness (QED) is 0.0238. The van der Waals surface area contributed by atoms with Crippen LogP contribution in [0.3, 0.4) is 0 Å². The van der Waals surface area contributed by atoms with Crippen LogP contribution in [0.25, 0.3) is 46.6 Å². The first-order valence-electron chi connectivity index (χ1n) is 33.3. The van der Waals surface area contributed by atoms with Crippen molar-refractivity contribution < 1.29 is 46.6 Å². The van der Waals surface area contributed by atoms with E-state index < -0.39 is 52.8 Å². The maximum Gasteiger partial charge on any atom is 0.258 e. The van der Waals surface area contributed by atoms with Crippen molar-refractivity contribution in [1.82, 2.24) is 15.1 Å². The van der Waals surface area contributed by atoms with E-state index in [0.717, 1.165) is 57.6 Å². The summed E-state index contributed by atoms with van der Waals surface area (Å²) in [5.74, 6) is -4.91. The number of carbonyl (C=O) groups excluding carboxylic acids is 5. The highest BCUT2D eigenvalue weighted by molar-refractivity contribution is 6.34. The molecule has 0 aliphatic heterocycles. The van der Waals surface area contributed by atoms with Crippen molar-refractivity contribution in [3.8, 4) is 0 Å². The monoisotopic (exact) mass is 1610 g/mol. The number of Topliss-reactive ketones (excluding diaryl/α,β-unsaturated/α-hetero) is 3. The zero-order chi connectivity index (χ0) is 77.5. The Balaban J connectivity index is 0.000000262. The van der Waals surface area contributed by atoms with Crippen molar-refractivity contribution >= 4 is 159 Å². The number of hydrogen-bond acceptors (Lipinski definition) is 8. The Kier molecular flexibility index (Phi) is 37.8. The number of nitrogens with one attached hydrogen (secondary N) is 1. The Morgan fingerprint density at radius 1 is 0.431 bits per heavy atom. The maximum atomic E-state index is 14.5. The molecule has 0 bridgehead atoms. The first-order valence-corrected chi connectivity index (χ1v) is 35.4. The average Bonchev–Trinajstić information content (AvgIpc) is 0.825. The lowest BCUT2D eigenvalue weighted by atomic mass is 9.94. The molecule has 0 saturated carbocycles. The fourth-order valence-corrected chi connectivity index (χ4v) is 11.0. The maximum absolute atomic E-state index is 14.5. The molecule has 20 heteroatoms. The predicted octanol–water partition coefficient (Wildman–Crippen LogP) is 22.2. The molecule has 562 valence electrons. The zero-order valence-corrected chi connectivity index (χ0v) is 65.0. The van der Waals surface area contributed by atoms with E-state index in [4.69, 9.17) is 58.0 Å². The molecule has 0 spiro atoms. The highest BCUT2D eigenvalue weighted by atomic mass is 35.5. The van der Waals surface area contributed by atoms with Crippen molar-refractivity contribution in [2.24, 2.45) is 0 Å². The van der Waals surface area contributed by atoms with E-state index in [0.29, 0.717) is 79.7 Å². The summed E-state index contributed by atoms with van der Waals surface area (Å²) in [7, 11) is 3.76. The first kappa shape index (κ1) is 89.8. The minimum absolute atomic E-state index is 0. The fourth-order valence-electron chi connectivity index (χ4n) is 10.4. The van der Waals surface area contributed by atoms with Crippen molar-refractivity contribution in [2.75, 3.05) is 33.1 Å². The van der Waals surface area contributed by atoms with Gasteiger partial charge in [0, 0.05) is 121 Å². The van der Waals surface area contributed by atoms with Gasteiger partial charge in [0.05, 0.1) is 6.10 Å². The number of amides is 2. The van der Waals surface area contributed by atoms with Crippen LogP contribution < -0.4 is 5.32 Å². The number of ketones is 3. The summed E-state index contributed by atoms with van der Waals surface area (Å²) in [4.78, 5) is 67.1. The van der Waals surface area contributed by atoms with Gasteiger partial charge in [0.1, 0.15) is 23.3 Å². The first-order chi connectivity index (χ1) is 51.2. The molecule has 0 radical (unpaired) electrons. The Bertz CT molecular complexity index is 4680. The topological polar surface area (TPSA) is 124 Å². The standard InChI is InChI=1S/2C26H22ClF2NO.C19H16ClNO2.C18H16Cl2O2.2ClH/c2*1-18(16-30(2)17-20-6-4-3-5-7-20)26(31)24(14-19-8-10-21(27)11-9-19)23-13-12-22(28)15-25(23)29;1-13(2)18(22)21-19(23)17(15-6-4-3-5-7-15)12-14-8-10-16(20)11-9-14;19-12-16(21)11-18(22)17(14-4-2-1-3-5-14)10-13-6-8-15(20)9-7-13;;/h2*3-15H,1,16-17H2,2H3;3-12H,1H2,2H3,(H,21,22,23);1-10,16,21H,11-12H2;2*1H/b24-14+;24-14-;17-12+;17-10+;;. The van der Waals surface area contributed by atoms with Crippen LogP contribution in [0, 0.1) is 23.3 Å². The van der Waals surface area contributed by atoms with E-state index in [1.165, 1.54) is 12.1 Å². The Hall–Kier alpha value is -9.84. The number of imide groups is 1. The summed E-state index contributed by atoms with van der Waals surface area (Å²) in [6.07, 6.45) is 5.81. The number of halogens is 11. The van der Waals surface area contributed by atoms with Crippen LogP contribution in [0.4, 0.5) is 17.6 Å². The predicted molar refractivity (Wildman–Crippen MR) is 446 cm³/mol. The summed E-state index contributed by atoms with van der Waals surface area (Å²) in [6, 6.07) is 72.5.